The number of nitriles is 2. The predicted octanol–water partition coefficient (Wildman–Crippen LogP) is 13.1. The highest BCUT2D eigenvalue weighted by Gasteiger charge is 2.22. The third-order valence-electron chi connectivity index (χ3n) is 11.4. The van der Waals surface area contributed by atoms with Gasteiger partial charge in [0, 0.05) is 54.5 Å². The van der Waals surface area contributed by atoms with Crippen LogP contribution in [0.15, 0.2) is 167 Å². The molecule has 0 aliphatic carbocycles. The van der Waals surface area contributed by atoms with E-state index in [-0.39, 0.29) is 0 Å². The van der Waals surface area contributed by atoms with Gasteiger partial charge in [-0.05, 0) is 77.9 Å². The maximum atomic E-state index is 10.8. The summed E-state index contributed by atoms with van der Waals surface area (Å²) in [6.45, 7) is 0. The number of furan rings is 2. The molecule has 0 aliphatic heterocycles. The van der Waals surface area contributed by atoms with Gasteiger partial charge in [-0.15, -0.1) is 0 Å². The van der Waals surface area contributed by atoms with E-state index in [0.717, 1.165) is 110 Å². The van der Waals surface area contributed by atoms with Crippen LogP contribution in [0.25, 0.3) is 110 Å². The van der Waals surface area contributed by atoms with Crippen LogP contribution in [0.5, 0.6) is 0 Å². The van der Waals surface area contributed by atoms with Crippen LogP contribution in [0.2, 0.25) is 0 Å². The number of nitrogens with zero attached hydrogens (tertiary/aromatic N) is 4. The number of benzene rings is 8. The quantitative estimate of drug-likeness (QED) is 0.182. The summed E-state index contributed by atoms with van der Waals surface area (Å²) in [6, 6.07) is 58.2. The van der Waals surface area contributed by atoms with Crippen LogP contribution in [-0.4, -0.2) is 9.13 Å². The number of fused-ring (bicyclic) bond motifs is 14. The second-order valence-corrected chi connectivity index (χ2v) is 14.3. The molecule has 0 saturated heterocycles. The van der Waals surface area contributed by atoms with Gasteiger partial charge in [0.2, 0.25) is 0 Å². The lowest BCUT2D eigenvalue weighted by Gasteiger charge is -2.14. The van der Waals surface area contributed by atoms with E-state index < -0.39 is 0 Å². The molecule has 6 nitrogen and oxygen atoms in total. The average Bonchev–Trinajstić information content (AvgIpc) is 4.01. The van der Waals surface area contributed by atoms with Crippen LogP contribution in [0.4, 0.5) is 0 Å². The van der Waals surface area contributed by atoms with Gasteiger partial charge in [0.25, 0.3) is 0 Å². The summed E-state index contributed by atoms with van der Waals surface area (Å²) >= 11 is 0. The number of para-hydroxylation sites is 4. The van der Waals surface area contributed by atoms with Crippen molar-refractivity contribution >= 4 is 87.5 Å². The first kappa shape index (κ1) is 30.4. The van der Waals surface area contributed by atoms with E-state index >= 15 is 0 Å². The van der Waals surface area contributed by atoms with Crippen molar-refractivity contribution in [2.75, 3.05) is 0 Å². The molecule has 258 valence electrons. The molecule has 0 unspecified atom stereocenters. The van der Waals surface area contributed by atoms with E-state index in [2.05, 4.69) is 100 Å². The third-order valence-corrected chi connectivity index (χ3v) is 11.4. The van der Waals surface area contributed by atoms with E-state index in [0.29, 0.717) is 11.1 Å². The summed E-state index contributed by atoms with van der Waals surface area (Å²) in [5.74, 6) is 0. The fourth-order valence-electron chi connectivity index (χ4n) is 8.97. The van der Waals surface area contributed by atoms with Gasteiger partial charge in [0.05, 0.1) is 45.3 Å². The van der Waals surface area contributed by atoms with Gasteiger partial charge >= 0.3 is 0 Å². The molecule has 0 amide bonds. The molecule has 0 atom stereocenters. The molecule has 0 fully saturated rings. The van der Waals surface area contributed by atoms with Gasteiger partial charge in [0.1, 0.15) is 11.2 Å². The molecule has 12 aromatic rings. The van der Waals surface area contributed by atoms with Crippen LogP contribution in [0, 0.1) is 22.7 Å². The fraction of sp³-hybridized carbons (Fsp3) is 0. The van der Waals surface area contributed by atoms with Crippen molar-refractivity contribution in [2.24, 2.45) is 0 Å². The summed E-state index contributed by atoms with van der Waals surface area (Å²) in [4.78, 5) is 0. The largest absolute Gasteiger partial charge is 0.454 e. The topological polar surface area (TPSA) is 83.7 Å². The van der Waals surface area contributed by atoms with Crippen LogP contribution in [-0.2, 0) is 0 Å². The van der Waals surface area contributed by atoms with Crippen molar-refractivity contribution in [3.05, 3.63) is 169 Å². The number of rotatable bonds is 3. The Morgan fingerprint density at radius 1 is 0.411 bits per heavy atom. The first-order chi connectivity index (χ1) is 27.7. The Morgan fingerprint density at radius 3 is 1.50 bits per heavy atom. The first-order valence-corrected chi connectivity index (χ1v) is 18.5. The summed E-state index contributed by atoms with van der Waals surface area (Å²) in [5, 5.41) is 29.7. The molecule has 0 bridgehead atoms. The molecule has 4 aromatic heterocycles. The Kier molecular flexibility index (Phi) is 6.10. The lowest BCUT2D eigenvalue weighted by atomic mass is 9.97. The second-order valence-electron chi connectivity index (χ2n) is 14.3. The lowest BCUT2D eigenvalue weighted by Crippen LogP contribution is -1.98. The monoisotopic (exact) mass is 714 g/mol. The standard InChI is InChI=1S/C50H26N4O2/c51-27-29-23-30(25-33(24-29)54-44-14-6-2-10-36(44)40-20-22-42-38-12-4-8-16-46(38)56-50(42)48(40)54)34-18-17-32(26-31(34)28-52)53-43-13-5-1-9-35(43)39-19-21-41-37-11-3-7-15-45(37)55-49(41)47(39)53/h1-26H. The van der Waals surface area contributed by atoms with Crippen molar-refractivity contribution in [1.29, 1.82) is 10.5 Å². The smallest absolute Gasteiger partial charge is 0.160 e. The van der Waals surface area contributed by atoms with Gasteiger partial charge in [0.15, 0.2) is 11.2 Å². The molecule has 0 N–H and O–H groups in total. The zero-order chi connectivity index (χ0) is 37.1. The van der Waals surface area contributed by atoms with E-state index in [1.54, 1.807) is 0 Å². The second kappa shape index (κ2) is 11.2. The highest BCUT2D eigenvalue weighted by Crippen LogP contribution is 2.43. The molecule has 8 aromatic carbocycles. The van der Waals surface area contributed by atoms with E-state index in [4.69, 9.17) is 8.83 Å². The Bertz CT molecular complexity index is 3750. The molecule has 56 heavy (non-hydrogen) atoms. The van der Waals surface area contributed by atoms with Crippen LogP contribution in [0.3, 0.4) is 0 Å². The molecule has 0 aliphatic rings. The van der Waals surface area contributed by atoms with E-state index in [1.807, 2.05) is 78.9 Å². The molecule has 0 spiro atoms. The fourth-order valence-corrected chi connectivity index (χ4v) is 8.97. The zero-order valence-electron chi connectivity index (χ0n) is 29.6. The van der Waals surface area contributed by atoms with Crippen LogP contribution < -0.4 is 0 Å². The highest BCUT2D eigenvalue weighted by molar-refractivity contribution is 6.23. The zero-order valence-corrected chi connectivity index (χ0v) is 29.6. The lowest BCUT2D eigenvalue weighted by molar-refractivity contribution is 0.670. The minimum absolute atomic E-state index is 0.489. The third kappa shape index (κ3) is 4.07. The van der Waals surface area contributed by atoms with Crippen LogP contribution in [0.1, 0.15) is 11.1 Å². The summed E-state index contributed by atoms with van der Waals surface area (Å²) in [5.41, 5.74) is 11.3. The maximum Gasteiger partial charge on any atom is 0.160 e. The first-order valence-electron chi connectivity index (χ1n) is 18.5. The molecular formula is C50H26N4O2. The number of hydrogen-bond donors (Lipinski definition) is 0. The Hall–Kier alpha value is -8.06. The maximum absolute atomic E-state index is 10.8. The minimum atomic E-state index is 0.489. The van der Waals surface area contributed by atoms with Gasteiger partial charge in [-0.1, -0.05) is 91.0 Å². The summed E-state index contributed by atoms with van der Waals surface area (Å²) in [6.07, 6.45) is 0. The molecule has 4 heterocycles. The van der Waals surface area contributed by atoms with Gasteiger partial charge in [-0.2, -0.15) is 10.5 Å². The van der Waals surface area contributed by atoms with Crippen molar-refractivity contribution in [1.82, 2.24) is 9.13 Å². The average molecular weight is 715 g/mol. The molecule has 0 radical (unpaired) electrons. The van der Waals surface area contributed by atoms with Crippen molar-refractivity contribution in [2.45, 2.75) is 0 Å². The normalized spacial score (nSPS) is 11.9. The van der Waals surface area contributed by atoms with Gasteiger partial charge in [-0.3, -0.25) is 0 Å². The molecular weight excluding hydrogens is 689 g/mol. The van der Waals surface area contributed by atoms with E-state index in [1.165, 1.54) is 0 Å². The minimum Gasteiger partial charge on any atom is -0.454 e. The van der Waals surface area contributed by atoms with Crippen LogP contribution >= 0.6 is 0 Å². The SMILES string of the molecule is N#Cc1cc(-c2ccc(-n3c4ccccc4c4ccc5c6ccccc6oc5c43)cc2C#N)cc(-n2c3ccccc3c3ccc4c5ccccc5oc4c32)c1. The number of aromatic nitrogens is 2. The van der Waals surface area contributed by atoms with Crippen molar-refractivity contribution < 1.29 is 8.83 Å². The Balaban J connectivity index is 1.10. The highest BCUT2D eigenvalue weighted by atomic mass is 16.3. The molecule has 12 rings (SSSR count). The number of hydrogen-bond acceptors (Lipinski definition) is 4. The van der Waals surface area contributed by atoms with E-state index in [9.17, 15) is 10.5 Å². The molecule has 6 heteroatoms. The Labute approximate surface area is 318 Å². The summed E-state index contributed by atoms with van der Waals surface area (Å²) in [7, 11) is 0. The van der Waals surface area contributed by atoms with Gasteiger partial charge < -0.3 is 18.0 Å². The summed E-state index contributed by atoms with van der Waals surface area (Å²) < 4.78 is 17.5. The van der Waals surface area contributed by atoms with Gasteiger partial charge in [-0.25, -0.2) is 0 Å². The van der Waals surface area contributed by atoms with Crippen molar-refractivity contribution in [3.63, 3.8) is 0 Å². The molecule has 0 saturated carbocycles. The predicted molar refractivity (Wildman–Crippen MR) is 225 cm³/mol. The van der Waals surface area contributed by atoms with Crippen molar-refractivity contribution in [3.8, 4) is 34.6 Å². The Morgan fingerprint density at radius 2 is 0.929 bits per heavy atom.